The van der Waals surface area contributed by atoms with Gasteiger partial charge < -0.3 is 19.7 Å². The molecule has 0 saturated heterocycles. The maximum atomic E-state index is 13.2. The predicted molar refractivity (Wildman–Crippen MR) is 133 cm³/mol. The van der Waals surface area contributed by atoms with E-state index in [0.29, 0.717) is 46.1 Å². The summed E-state index contributed by atoms with van der Waals surface area (Å²) in [5.41, 5.74) is 1.19. The molecule has 1 aromatic heterocycles. The predicted octanol–water partition coefficient (Wildman–Crippen LogP) is 3.21. The zero-order valence-electron chi connectivity index (χ0n) is 20.2. The molecule has 0 aliphatic heterocycles. The molecule has 0 aliphatic carbocycles. The Bertz CT molecular complexity index is 1150. The van der Waals surface area contributed by atoms with Gasteiger partial charge in [0.2, 0.25) is 11.7 Å². The van der Waals surface area contributed by atoms with Crippen molar-refractivity contribution in [2.45, 2.75) is 26.8 Å². The van der Waals surface area contributed by atoms with Crippen LogP contribution < -0.4 is 19.7 Å². The minimum Gasteiger partial charge on any atom is -0.493 e. The highest BCUT2D eigenvalue weighted by atomic mass is 35.5. The lowest BCUT2D eigenvalue weighted by Crippen LogP contribution is -2.42. The van der Waals surface area contributed by atoms with Crippen LogP contribution in [-0.4, -0.2) is 59.3 Å². The Balaban J connectivity index is 1.75. The minimum atomic E-state index is -0.373. The van der Waals surface area contributed by atoms with Crippen LogP contribution in [0.1, 0.15) is 20.3 Å². The topological polar surface area (TPSA) is 111 Å². The number of rotatable bonds is 11. The van der Waals surface area contributed by atoms with Gasteiger partial charge in [0.1, 0.15) is 13.1 Å². The number of nitrogens with zero attached hydrogens (tertiary/aromatic N) is 5. The molecular formula is C24H29ClN6O4. The number of carbonyl (C=O) groups is 2. The second-order valence-corrected chi connectivity index (χ2v) is 8.64. The molecule has 0 fully saturated rings. The number of hydrogen-bond acceptors (Lipinski definition) is 7. The van der Waals surface area contributed by atoms with Gasteiger partial charge in [0.05, 0.1) is 14.2 Å². The van der Waals surface area contributed by atoms with Crippen LogP contribution in [0.25, 0.3) is 11.4 Å². The molecule has 0 radical (unpaired) electrons. The number of nitrogens with one attached hydrogen (secondary N) is 1. The number of carbonyl (C=O) groups excluding carboxylic acids is 2. The van der Waals surface area contributed by atoms with E-state index in [0.717, 1.165) is 6.42 Å². The molecule has 2 aromatic carbocycles. The number of anilines is 1. The van der Waals surface area contributed by atoms with Crippen molar-refractivity contribution in [3.05, 3.63) is 47.5 Å². The number of ether oxygens (including phenoxy) is 2. The van der Waals surface area contributed by atoms with Gasteiger partial charge in [0.15, 0.2) is 11.5 Å². The third kappa shape index (κ3) is 7.16. The average molecular weight is 501 g/mol. The highest BCUT2D eigenvalue weighted by molar-refractivity contribution is 6.30. The summed E-state index contributed by atoms with van der Waals surface area (Å²) in [5, 5.41) is 15.8. The van der Waals surface area contributed by atoms with Crippen LogP contribution in [0.5, 0.6) is 11.5 Å². The molecule has 0 aliphatic rings. The van der Waals surface area contributed by atoms with Gasteiger partial charge in [-0.3, -0.25) is 9.59 Å². The van der Waals surface area contributed by atoms with Crippen molar-refractivity contribution in [2.75, 3.05) is 32.2 Å². The first-order chi connectivity index (χ1) is 16.8. The van der Waals surface area contributed by atoms with E-state index in [1.54, 1.807) is 49.6 Å². The molecule has 11 heteroatoms. The molecule has 1 heterocycles. The summed E-state index contributed by atoms with van der Waals surface area (Å²) < 4.78 is 10.6. The van der Waals surface area contributed by atoms with Crippen molar-refractivity contribution in [1.82, 2.24) is 25.5 Å². The molecule has 3 rings (SSSR count). The van der Waals surface area contributed by atoms with E-state index in [2.05, 4.69) is 34.6 Å². The lowest BCUT2D eigenvalue weighted by Gasteiger charge is -2.22. The van der Waals surface area contributed by atoms with Gasteiger partial charge in [-0.1, -0.05) is 25.4 Å². The summed E-state index contributed by atoms with van der Waals surface area (Å²) in [6, 6.07) is 11.9. The Morgan fingerprint density at radius 3 is 2.46 bits per heavy atom. The van der Waals surface area contributed by atoms with E-state index in [-0.39, 0.29) is 24.9 Å². The van der Waals surface area contributed by atoms with E-state index < -0.39 is 0 Å². The van der Waals surface area contributed by atoms with Gasteiger partial charge in [-0.15, -0.1) is 10.2 Å². The minimum absolute atomic E-state index is 0.143. The SMILES string of the molecule is COc1ccc(-c2nnn(CC(=O)N(CC(=O)NCCC(C)C)c3ccc(Cl)cc3)n2)cc1OC. The van der Waals surface area contributed by atoms with Crippen molar-refractivity contribution < 1.29 is 19.1 Å². The summed E-state index contributed by atoms with van der Waals surface area (Å²) in [7, 11) is 3.09. The lowest BCUT2D eigenvalue weighted by molar-refractivity contribution is -0.124. The fourth-order valence-corrected chi connectivity index (χ4v) is 3.38. The maximum Gasteiger partial charge on any atom is 0.251 e. The van der Waals surface area contributed by atoms with E-state index in [1.165, 1.54) is 16.8 Å². The van der Waals surface area contributed by atoms with E-state index in [4.69, 9.17) is 21.1 Å². The second-order valence-electron chi connectivity index (χ2n) is 8.20. The largest absolute Gasteiger partial charge is 0.493 e. The first-order valence-corrected chi connectivity index (χ1v) is 11.5. The van der Waals surface area contributed by atoms with Crippen molar-refractivity contribution in [3.8, 4) is 22.9 Å². The number of hydrogen-bond donors (Lipinski definition) is 1. The molecule has 0 unspecified atom stereocenters. The number of aromatic nitrogens is 4. The van der Waals surface area contributed by atoms with Crippen molar-refractivity contribution in [1.29, 1.82) is 0 Å². The van der Waals surface area contributed by atoms with Gasteiger partial charge in [-0.2, -0.15) is 4.80 Å². The van der Waals surface area contributed by atoms with Gasteiger partial charge in [0, 0.05) is 22.8 Å². The van der Waals surface area contributed by atoms with Crippen LogP contribution in [0.4, 0.5) is 5.69 Å². The zero-order valence-corrected chi connectivity index (χ0v) is 21.0. The van der Waals surface area contributed by atoms with Crippen LogP contribution in [0.15, 0.2) is 42.5 Å². The van der Waals surface area contributed by atoms with Crippen molar-refractivity contribution >= 4 is 29.1 Å². The third-order valence-corrected chi connectivity index (χ3v) is 5.41. The average Bonchev–Trinajstić information content (AvgIpc) is 3.30. The number of halogens is 1. The number of benzene rings is 2. The third-order valence-electron chi connectivity index (χ3n) is 5.16. The lowest BCUT2D eigenvalue weighted by atomic mass is 10.1. The summed E-state index contributed by atoms with van der Waals surface area (Å²) >= 11 is 6.00. The van der Waals surface area contributed by atoms with Crippen molar-refractivity contribution in [3.63, 3.8) is 0 Å². The van der Waals surface area contributed by atoms with Crippen LogP contribution in [-0.2, 0) is 16.1 Å². The van der Waals surface area contributed by atoms with E-state index in [1.807, 2.05) is 0 Å². The van der Waals surface area contributed by atoms with Crippen LogP contribution in [0.2, 0.25) is 5.02 Å². The summed E-state index contributed by atoms with van der Waals surface area (Å²) in [6.07, 6.45) is 0.850. The van der Waals surface area contributed by atoms with Gasteiger partial charge in [-0.05, 0) is 60.0 Å². The molecule has 186 valence electrons. The second kappa shape index (κ2) is 12.2. The van der Waals surface area contributed by atoms with E-state index >= 15 is 0 Å². The number of tetrazole rings is 1. The van der Waals surface area contributed by atoms with Crippen molar-refractivity contribution in [2.24, 2.45) is 5.92 Å². The Hall–Kier alpha value is -3.66. The molecule has 0 atom stereocenters. The molecule has 10 nitrogen and oxygen atoms in total. The zero-order chi connectivity index (χ0) is 25.4. The standard InChI is InChI=1S/C24H29ClN6O4/c1-16(2)11-12-26-22(32)14-30(19-8-6-18(25)7-9-19)23(33)15-31-28-24(27-29-31)17-5-10-20(34-3)21(13-17)35-4/h5-10,13,16H,11-12,14-15H2,1-4H3,(H,26,32). The Labute approximate surface area is 209 Å². The Morgan fingerprint density at radius 2 is 1.80 bits per heavy atom. The van der Waals surface area contributed by atoms with Crippen LogP contribution in [0, 0.1) is 5.92 Å². The molecule has 0 bridgehead atoms. The van der Waals surface area contributed by atoms with Gasteiger partial charge in [0.25, 0.3) is 5.91 Å². The first kappa shape index (κ1) is 26.0. The molecule has 1 N–H and O–H groups in total. The summed E-state index contributed by atoms with van der Waals surface area (Å²) in [4.78, 5) is 28.3. The number of methoxy groups -OCH3 is 2. The quantitative estimate of drug-likeness (QED) is 0.430. The Kier molecular flexibility index (Phi) is 9.02. The molecule has 35 heavy (non-hydrogen) atoms. The maximum absolute atomic E-state index is 13.2. The van der Waals surface area contributed by atoms with Gasteiger partial charge >= 0.3 is 0 Å². The smallest absolute Gasteiger partial charge is 0.251 e. The first-order valence-electron chi connectivity index (χ1n) is 11.1. The fraction of sp³-hybridized carbons (Fsp3) is 0.375. The molecule has 2 amide bonds. The van der Waals surface area contributed by atoms with Crippen LogP contribution in [0.3, 0.4) is 0 Å². The number of amides is 2. The normalized spacial score (nSPS) is 10.8. The molecule has 3 aromatic rings. The highest BCUT2D eigenvalue weighted by Gasteiger charge is 2.21. The van der Waals surface area contributed by atoms with Crippen LogP contribution >= 0.6 is 11.6 Å². The highest BCUT2D eigenvalue weighted by Crippen LogP contribution is 2.30. The van der Waals surface area contributed by atoms with E-state index in [9.17, 15) is 9.59 Å². The Morgan fingerprint density at radius 1 is 1.09 bits per heavy atom. The summed E-state index contributed by atoms with van der Waals surface area (Å²) in [6.45, 7) is 4.35. The fourth-order valence-electron chi connectivity index (χ4n) is 3.25. The molecular weight excluding hydrogens is 472 g/mol. The monoisotopic (exact) mass is 500 g/mol. The molecule has 0 saturated carbocycles. The summed E-state index contributed by atoms with van der Waals surface area (Å²) in [5.74, 6) is 1.25. The molecule has 0 spiro atoms. The van der Waals surface area contributed by atoms with Gasteiger partial charge in [-0.25, -0.2) is 0 Å².